The lowest BCUT2D eigenvalue weighted by atomic mass is 9.98. The summed E-state index contributed by atoms with van der Waals surface area (Å²) < 4.78 is 0. The molecule has 2 fully saturated rings. The highest BCUT2D eigenvalue weighted by Gasteiger charge is 2.58. The van der Waals surface area contributed by atoms with E-state index in [9.17, 15) is 5.11 Å². The van der Waals surface area contributed by atoms with Gasteiger partial charge in [0.15, 0.2) is 0 Å². The predicted octanol–water partition coefficient (Wildman–Crippen LogP) is 1.06. The van der Waals surface area contributed by atoms with E-state index in [0.29, 0.717) is 5.41 Å². The normalized spacial score (nSPS) is 30.5. The molecule has 1 atom stereocenters. The van der Waals surface area contributed by atoms with Crippen LogP contribution in [0.4, 0.5) is 0 Å². The molecule has 0 radical (unpaired) electrons. The Bertz CT molecular complexity index is 159. The van der Waals surface area contributed by atoms with Crippen molar-refractivity contribution in [1.29, 1.82) is 0 Å². The van der Waals surface area contributed by atoms with E-state index in [4.69, 9.17) is 0 Å². The highest BCUT2D eigenvalue weighted by molar-refractivity contribution is 5.07. The lowest BCUT2D eigenvalue weighted by molar-refractivity contribution is -0.0314. The topological polar surface area (TPSA) is 23.5 Å². The molecule has 0 amide bonds. The van der Waals surface area contributed by atoms with Gasteiger partial charge in [0.05, 0.1) is 0 Å². The minimum atomic E-state index is -0.185. The van der Waals surface area contributed by atoms with Crippen LogP contribution >= 0.6 is 0 Å². The maximum absolute atomic E-state index is 9.85. The molecule has 1 unspecified atom stereocenters. The summed E-state index contributed by atoms with van der Waals surface area (Å²) in [6, 6.07) is 0. The number of rotatable bonds is 3. The molecule has 0 aromatic rings. The number of nitrogens with zero attached hydrogens (tertiary/aromatic N) is 1. The quantitative estimate of drug-likeness (QED) is 0.616. The van der Waals surface area contributed by atoms with E-state index in [2.05, 4.69) is 0 Å². The highest BCUT2D eigenvalue weighted by Crippen LogP contribution is 2.63. The molecule has 64 valence electrons. The van der Waals surface area contributed by atoms with Gasteiger partial charge in [0.2, 0.25) is 0 Å². The van der Waals surface area contributed by atoms with Crippen LogP contribution in [-0.4, -0.2) is 30.3 Å². The largest absolute Gasteiger partial charge is 0.378 e. The fraction of sp³-hybridized carbons (Fsp3) is 1.00. The number of aliphatic hydroxyl groups is 1. The molecule has 2 nitrogen and oxygen atoms in total. The Kier molecular flexibility index (Phi) is 1.52. The Balaban J connectivity index is 2.01. The first-order valence-electron chi connectivity index (χ1n) is 4.51. The second kappa shape index (κ2) is 2.20. The molecule has 1 N–H and O–H groups in total. The molecule has 2 heteroatoms. The zero-order valence-electron chi connectivity index (χ0n) is 7.38. The standard InChI is InChI=1S/C9H17NO/c1-10(2)8(11)9(5-6-9)7-3-4-7/h7-8,11H,3-6H2,1-2H3. The van der Waals surface area contributed by atoms with Crippen LogP contribution in [-0.2, 0) is 0 Å². The van der Waals surface area contributed by atoms with Crippen LogP contribution < -0.4 is 0 Å². The Labute approximate surface area is 68.2 Å². The molecule has 0 aromatic carbocycles. The summed E-state index contributed by atoms with van der Waals surface area (Å²) >= 11 is 0. The highest BCUT2D eigenvalue weighted by atomic mass is 16.3. The molecule has 0 saturated heterocycles. The predicted molar refractivity (Wildman–Crippen MR) is 44.1 cm³/mol. The second-order valence-corrected chi connectivity index (χ2v) is 4.34. The SMILES string of the molecule is CN(C)C(O)C1(C2CC2)CC1. The molecule has 0 bridgehead atoms. The van der Waals surface area contributed by atoms with Crippen LogP contribution in [0.25, 0.3) is 0 Å². The van der Waals surface area contributed by atoms with Crippen molar-refractivity contribution in [2.75, 3.05) is 14.1 Å². The molecular formula is C9H17NO. The summed E-state index contributed by atoms with van der Waals surface area (Å²) in [5.74, 6) is 0.847. The zero-order chi connectivity index (χ0) is 8.06. The molecule has 11 heavy (non-hydrogen) atoms. The first-order chi connectivity index (χ1) is 5.17. The van der Waals surface area contributed by atoms with Crippen LogP contribution in [0.15, 0.2) is 0 Å². The minimum Gasteiger partial charge on any atom is -0.378 e. The van der Waals surface area contributed by atoms with Crippen LogP contribution in [0.2, 0.25) is 0 Å². The van der Waals surface area contributed by atoms with Gasteiger partial charge < -0.3 is 5.11 Å². The van der Waals surface area contributed by atoms with Gasteiger partial charge in [-0.1, -0.05) is 0 Å². The Morgan fingerprint density at radius 2 is 1.91 bits per heavy atom. The van der Waals surface area contributed by atoms with Gasteiger partial charge in [-0.25, -0.2) is 0 Å². The molecule has 2 rings (SSSR count). The molecule has 0 aliphatic heterocycles. The van der Waals surface area contributed by atoms with E-state index in [1.165, 1.54) is 25.7 Å². The van der Waals surface area contributed by atoms with Crippen LogP contribution in [0, 0.1) is 11.3 Å². The average Bonchev–Trinajstić information content (AvgIpc) is 2.79. The van der Waals surface area contributed by atoms with Crippen molar-refractivity contribution in [3.8, 4) is 0 Å². The van der Waals surface area contributed by atoms with E-state index in [0.717, 1.165) is 5.92 Å². The van der Waals surface area contributed by atoms with Crippen LogP contribution in [0.5, 0.6) is 0 Å². The van der Waals surface area contributed by atoms with E-state index in [1.807, 2.05) is 19.0 Å². The summed E-state index contributed by atoms with van der Waals surface area (Å²) in [5.41, 5.74) is 0.323. The maximum atomic E-state index is 9.85. The van der Waals surface area contributed by atoms with Crippen LogP contribution in [0.1, 0.15) is 25.7 Å². The monoisotopic (exact) mass is 155 g/mol. The van der Waals surface area contributed by atoms with E-state index in [-0.39, 0.29) is 6.23 Å². The summed E-state index contributed by atoms with van der Waals surface area (Å²) in [4.78, 5) is 1.95. The van der Waals surface area contributed by atoms with Crippen LogP contribution in [0.3, 0.4) is 0 Å². The van der Waals surface area contributed by atoms with Gasteiger partial charge in [0.25, 0.3) is 0 Å². The van der Waals surface area contributed by atoms with Gasteiger partial charge in [0, 0.05) is 5.41 Å². The molecule has 2 aliphatic rings. The van der Waals surface area contributed by atoms with Crippen molar-refractivity contribution in [2.45, 2.75) is 31.9 Å². The van der Waals surface area contributed by atoms with Gasteiger partial charge in [-0.2, -0.15) is 0 Å². The Hall–Kier alpha value is -0.0800. The van der Waals surface area contributed by atoms with Gasteiger partial charge >= 0.3 is 0 Å². The Morgan fingerprint density at radius 3 is 2.18 bits per heavy atom. The molecule has 0 spiro atoms. The van der Waals surface area contributed by atoms with Crippen molar-refractivity contribution in [3.05, 3.63) is 0 Å². The van der Waals surface area contributed by atoms with Crippen molar-refractivity contribution in [1.82, 2.24) is 4.90 Å². The smallest absolute Gasteiger partial charge is 0.112 e. The van der Waals surface area contributed by atoms with Gasteiger partial charge in [-0.15, -0.1) is 0 Å². The molecule has 0 heterocycles. The number of hydrogen-bond donors (Lipinski definition) is 1. The van der Waals surface area contributed by atoms with Crippen molar-refractivity contribution < 1.29 is 5.11 Å². The third-order valence-corrected chi connectivity index (χ3v) is 3.22. The van der Waals surface area contributed by atoms with E-state index < -0.39 is 0 Å². The fourth-order valence-electron chi connectivity index (χ4n) is 2.19. The zero-order valence-corrected chi connectivity index (χ0v) is 7.38. The maximum Gasteiger partial charge on any atom is 0.112 e. The van der Waals surface area contributed by atoms with Gasteiger partial charge in [-0.3, -0.25) is 4.90 Å². The van der Waals surface area contributed by atoms with Crippen molar-refractivity contribution in [2.24, 2.45) is 11.3 Å². The first-order valence-corrected chi connectivity index (χ1v) is 4.51. The first kappa shape index (κ1) is 7.56. The summed E-state index contributed by atoms with van der Waals surface area (Å²) in [7, 11) is 3.93. The molecular weight excluding hydrogens is 138 g/mol. The van der Waals surface area contributed by atoms with E-state index >= 15 is 0 Å². The summed E-state index contributed by atoms with van der Waals surface area (Å²) in [6.45, 7) is 0. The molecule has 2 saturated carbocycles. The minimum absolute atomic E-state index is 0.185. The lowest BCUT2D eigenvalue weighted by Crippen LogP contribution is -2.37. The molecule has 2 aliphatic carbocycles. The lowest BCUT2D eigenvalue weighted by Gasteiger charge is -2.27. The number of hydrogen-bond acceptors (Lipinski definition) is 2. The van der Waals surface area contributed by atoms with Gasteiger partial charge in [0.1, 0.15) is 6.23 Å². The van der Waals surface area contributed by atoms with Crippen molar-refractivity contribution in [3.63, 3.8) is 0 Å². The fourth-order valence-corrected chi connectivity index (χ4v) is 2.19. The van der Waals surface area contributed by atoms with Gasteiger partial charge in [-0.05, 0) is 45.7 Å². The summed E-state index contributed by atoms with van der Waals surface area (Å²) in [6.07, 6.45) is 5.01. The Morgan fingerprint density at radius 1 is 1.36 bits per heavy atom. The summed E-state index contributed by atoms with van der Waals surface area (Å²) in [5, 5.41) is 9.85. The third-order valence-electron chi connectivity index (χ3n) is 3.22. The third kappa shape index (κ3) is 1.09. The average molecular weight is 155 g/mol. The second-order valence-electron chi connectivity index (χ2n) is 4.34. The van der Waals surface area contributed by atoms with E-state index in [1.54, 1.807) is 0 Å². The number of aliphatic hydroxyl groups excluding tert-OH is 1. The molecule has 0 aromatic heterocycles. The van der Waals surface area contributed by atoms with Crippen molar-refractivity contribution >= 4 is 0 Å².